The third-order valence-corrected chi connectivity index (χ3v) is 2.47. The Morgan fingerprint density at radius 1 is 1.57 bits per heavy atom. The number of carbonyl (C=O) groups is 1. The number of ether oxygens (including phenoxy) is 1. The van der Waals surface area contributed by atoms with Crippen molar-refractivity contribution in [2.24, 2.45) is 0 Å². The van der Waals surface area contributed by atoms with E-state index in [0.717, 1.165) is 45.2 Å². The molecule has 4 nitrogen and oxygen atoms in total. The number of carbonyl (C=O) groups excluding carboxylic acids is 1. The summed E-state index contributed by atoms with van der Waals surface area (Å²) in [6, 6.07) is 0. The minimum Gasteiger partial charge on any atom is -0.361 e. The van der Waals surface area contributed by atoms with Crippen molar-refractivity contribution in [1.82, 2.24) is 10.4 Å². The fourth-order valence-corrected chi connectivity index (χ4v) is 1.65. The average Bonchev–Trinajstić information content (AvgIpc) is 2.21. The minimum absolute atomic E-state index is 0.0838. The van der Waals surface area contributed by atoms with Gasteiger partial charge in [-0.2, -0.15) is 5.01 Å². The number of hydrogen-bond donors (Lipinski definition) is 1. The first-order valence-corrected chi connectivity index (χ1v) is 5.46. The lowest BCUT2D eigenvalue weighted by atomic mass is 10.1. The van der Waals surface area contributed by atoms with E-state index in [4.69, 9.17) is 4.74 Å². The summed E-state index contributed by atoms with van der Waals surface area (Å²) in [5.41, 5.74) is 2.69. The monoisotopic (exact) mass is 200 g/mol. The lowest BCUT2D eigenvalue weighted by Gasteiger charge is -2.34. The molecule has 0 aliphatic carbocycles. The standard InChI is InChI=1S/C10H20N2O2/c1-2-3-8-14-10-6-4-5-7-12(10)11-9-13/h9-10H,2-8H2,1H3,(H,11,13). The van der Waals surface area contributed by atoms with Gasteiger partial charge >= 0.3 is 0 Å². The van der Waals surface area contributed by atoms with Crippen LogP contribution < -0.4 is 5.43 Å². The predicted molar refractivity (Wildman–Crippen MR) is 54.4 cm³/mol. The maximum absolute atomic E-state index is 10.3. The van der Waals surface area contributed by atoms with Crippen molar-refractivity contribution in [2.75, 3.05) is 13.2 Å². The molecule has 0 spiro atoms. The zero-order valence-electron chi connectivity index (χ0n) is 8.87. The number of piperidine rings is 1. The lowest BCUT2D eigenvalue weighted by Crippen LogP contribution is -2.49. The molecule has 0 aromatic rings. The van der Waals surface area contributed by atoms with Crippen LogP contribution in [0.3, 0.4) is 0 Å². The van der Waals surface area contributed by atoms with Gasteiger partial charge in [0.25, 0.3) is 0 Å². The highest BCUT2D eigenvalue weighted by atomic mass is 16.5. The van der Waals surface area contributed by atoms with E-state index in [1.807, 2.05) is 5.01 Å². The molecule has 0 aromatic heterocycles. The summed E-state index contributed by atoms with van der Waals surface area (Å²) < 4.78 is 5.69. The maximum atomic E-state index is 10.3. The molecule has 0 radical (unpaired) electrons. The predicted octanol–water partition coefficient (Wildman–Crippen LogP) is 1.28. The fraction of sp³-hybridized carbons (Fsp3) is 0.900. The molecule has 1 amide bonds. The van der Waals surface area contributed by atoms with E-state index < -0.39 is 0 Å². The van der Waals surface area contributed by atoms with Crippen molar-refractivity contribution >= 4 is 6.41 Å². The zero-order chi connectivity index (χ0) is 10.2. The van der Waals surface area contributed by atoms with Crippen molar-refractivity contribution in [1.29, 1.82) is 0 Å². The van der Waals surface area contributed by atoms with E-state index in [1.165, 1.54) is 6.42 Å². The molecular weight excluding hydrogens is 180 g/mol. The van der Waals surface area contributed by atoms with Crippen LogP contribution in [0.2, 0.25) is 0 Å². The fourth-order valence-electron chi connectivity index (χ4n) is 1.65. The molecule has 14 heavy (non-hydrogen) atoms. The molecule has 1 rings (SSSR count). The van der Waals surface area contributed by atoms with E-state index in [2.05, 4.69) is 12.3 Å². The second kappa shape index (κ2) is 6.79. The van der Waals surface area contributed by atoms with Crippen LogP contribution in [0.1, 0.15) is 39.0 Å². The normalized spacial score (nSPS) is 23.4. The minimum atomic E-state index is 0.0838. The SMILES string of the molecule is CCCCOC1CCCCN1NC=O. The summed E-state index contributed by atoms with van der Waals surface area (Å²) >= 11 is 0. The first-order chi connectivity index (χ1) is 6.88. The first-order valence-electron chi connectivity index (χ1n) is 5.46. The largest absolute Gasteiger partial charge is 0.361 e. The molecule has 4 heteroatoms. The van der Waals surface area contributed by atoms with Crippen LogP contribution in [0.5, 0.6) is 0 Å². The van der Waals surface area contributed by atoms with Crippen molar-refractivity contribution in [3.05, 3.63) is 0 Å². The quantitative estimate of drug-likeness (QED) is 0.518. The number of hydrazine groups is 1. The van der Waals surface area contributed by atoms with Crippen LogP contribution in [0.15, 0.2) is 0 Å². The van der Waals surface area contributed by atoms with Gasteiger partial charge in [-0.25, -0.2) is 0 Å². The van der Waals surface area contributed by atoms with Crippen LogP contribution in [0.4, 0.5) is 0 Å². The van der Waals surface area contributed by atoms with Crippen LogP contribution in [-0.2, 0) is 9.53 Å². The van der Waals surface area contributed by atoms with Crippen LogP contribution in [-0.4, -0.2) is 30.8 Å². The van der Waals surface area contributed by atoms with E-state index in [9.17, 15) is 4.79 Å². The average molecular weight is 200 g/mol. The van der Waals surface area contributed by atoms with Gasteiger partial charge in [-0.1, -0.05) is 13.3 Å². The molecule has 0 aromatic carbocycles. The van der Waals surface area contributed by atoms with Crippen molar-refractivity contribution in [2.45, 2.75) is 45.3 Å². The Morgan fingerprint density at radius 2 is 2.43 bits per heavy atom. The lowest BCUT2D eigenvalue weighted by molar-refractivity contribution is -0.131. The highest BCUT2D eigenvalue weighted by molar-refractivity contribution is 5.45. The Kier molecular flexibility index (Phi) is 5.56. The van der Waals surface area contributed by atoms with Gasteiger partial charge in [0.05, 0.1) is 0 Å². The summed E-state index contributed by atoms with van der Waals surface area (Å²) in [5.74, 6) is 0. The second-order valence-electron chi connectivity index (χ2n) is 3.62. The molecule has 1 saturated heterocycles. The third-order valence-electron chi connectivity index (χ3n) is 2.47. The Morgan fingerprint density at radius 3 is 3.14 bits per heavy atom. The van der Waals surface area contributed by atoms with Gasteiger partial charge in [0.2, 0.25) is 6.41 Å². The third kappa shape index (κ3) is 3.64. The number of nitrogens with one attached hydrogen (secondary N) is 1. The van der Waals surface area contributed by atoms with Crippen molar-refractivity contribution in [3.63, 3.8) is 0 Å². The molecule has 1 fully saturated rings. The van der Waals surface area contributed by atoms with Gasteiger partial charge in [-0.3, -0.25) is 10.2 Å². The summed E-state index contributed by atoms with van der Waals surface area (Å²) in [4.78, 5) is 10.3. The molecule has 0 saturated carbocycles. The molecule has 1 aliphatic heterocycles. The van der Waals surface area contributed by atoms with Crippen LogP contribution in [0, 0.1) is 0 Å². The molecule has 0 bridgehead atoms. The molecule has 1 heterocycles. The van der Waals surface area contributed by atoms with E-state index >= 15 is 0 Å². The van der Waals surface area contributed by atoms with E-state index in [1.54, 1.807) is 0 Å². The van der Waals surface area contributed by atoms with Gasteiger partial charge < -0.3 is 4.74 Å². The van der Waals surface area contributed by atoms with Gasteiger partial charge in [0.15, 0.2) is 0 Å². The van der Waals surface area contributed by atoms with Crippen LogP contribution in [0.25, 0.3) is 0 Å². The maximum Gasteiger partial charge on any atom is 0.221 e. The number of unbranched alkanes of at least 4 members (excludes halogenated alkanes) is 1. The summed E-state index contributed by atoms with van der Waals surface area (Å²) in [6.45, 7) is 3.83. The van der Waals surface area contributed by atoms with Gasteiger partial charge in [-0.15, -0.1) is 0 Å². The second-order valence-corrected chi connectivity index (χ2v) is 3.62. The highest BCUT2D eigenvalue weighted by Gasteiger charge is 2.21. The van der Waals surface area contributed by atoms with Gasteiger partial charge in [0, 0.05) is 13.2 Å². The molecule has 1 aliphatic rings. The first kappa shape index (κ1) is 11.5. The Labute approximate surface area is 85.6 Å². The summed E-state index contributed by atoms with van der Waals surface area (Å²) in [6.07, 6.45) is 6.38. The van der Waals surface area contributed by atoms with E-state index in [-0.39, 0.29) is 6.23 Å². The smallest absolute Gasteiger partial charge is 0.221 e. The topological polar surface area (TPSA) is 41.6 Å². The van der Waals surface area contributed by atoms with Crippen molar-refractivity contribution < 1.29 is 9.53 Å². The zero-order valence-corrected chi connectivity index (χ0v) is 8.87. The Hall–Kier alpha value is -0.610. The molecule has 1 N–H and O–H groups in total. The Bertz CT molecular complexity index is 164. The molecule has 1 atom stereocenters. The molecular formula is C10H20N2O2. The van der Waals surface area contributed by atoms with E-state index in [0.29, 0.717) is 0 Å². The van der Waals surface area contributed by atoms with Crippen molar-refractivity contribution in [3.8, 4) is 0 Å². The molecule has 82 valence electrons. The number of rotatable bonds is 6. The summed E-state index contributed by atoms with van der Waals surface area (Å²) in [7, 11) is 0. The van der Waals surface area contributed by atoms with Gasteiger partial charge in [0.1, 0.15) is 6.23 Å². The summed E-state index contributed by atoms with van der Waals surface area (Å²) in [5, 5.41) is 1.90. The number of amides is 1. The Balaban J connectivity index is 2.26. The number of hydrogen-bond acceptors (Lipinski definition) is 3. The highest BCUT2D eigenvalue weighted by Crippen LogP contribution is 2.15. The molecule has 1 unspecified atom stereocenters. The van der Waals surface area contributed by atoms with Gasteiger partial charge in [-0.05, 0) is 25.7 Å². The van der Waals surface area contributed by atoms with Crippen LogP contribution >= 0.6 is 0 Å². The number of nitrogens with zero attached hydrogens (tertiary/aromatic N) is 1.